The lowest BCUT2D eigenvalue weighted by molar-refractivity contribution is 0.507. The lowest BCUT2D eigenvalue weighted by Crippen LogP contribution is -2.20. The van der Waals surface area contributed by atoms with Crippen LogP contribution in [0.5, 0.6) is 0 Å². The molecule has 0 aliphatic heterocycles. The van der Waals surface area contributed by atoms with Gasteiger partial charge in [0.1, 0.15) is 0 Å². The fourth-order valence-electron chi connectivity index (χ4n) is 1.71. The van der Waals surface area contributed by atoms with Gasteiger partial charge in [0.05, 0.1) is 0 Å². The number of hydrogen-bond acceptors (Lipinski definition) is 2. The first-order valence-electron chi connectivity index (χ1n) is 7.54. The summed E-state index contributed by atoms with van der Waals surface area (Å²) in [5.74, 6) is 1.65. The molecule has 0 aromatic heterocycles. The molecular weight excluding hydrogens is 208 g/mol. The maximum Gasteiger partial charge on any atom is -0.00465 e. The van der Waals surface area contributed by atoms with E-state index in [2.05, 4.69) is 38.3 Å². The SMILES string of the molecule is CC(C)CCNCCCCCNCCC(C)C. The highest BCUT2D eigenvalue weighted by atomic mass is 14.9. The van der Waals surface area contributed by atoms with Crippen molar-refractivity contribution in [2.75, 3.05) is 26.2 Å². The van der Waals surface area contributed by atoms with Crippen molar-refractivity contribution < 1.29 is 0 Å². The summed E-state index contributed by atoms with van der Waals surface area (Å²) >= 11 is 0. The lowest BCUT2D eigenvalue weighted by atomic mass is 10.1. The summed E-state index contributed by atoms with van der Waals surface area (Å²) in [7, 11) is 0. The van der Waals surface area contributed by atoms with Crippen molar-refractivity contribution in [3.05, 3.63) is 0 Å². The molecule has 2 N–H and O–H groups in total. The van der Waals surface area contributed by atoms with Gasteiger partial charge < -0.3 is 10.6 Å². The summed E-state index contributed by atoms with van der Waals surface area (Å²) in [5.41, 5.74) is 0. The van der Waals surface area contributed by atoms with Gasteiger partial charge in [0.2, 0.25) is 0 Å². The van der Waals surface area contributed by atoms with Gasteiger partial charge in [-0.05, 0) is 63.7 Å². The van der Waals surface area contributed by atoms with E-state index in [9.17, 15) is 0 Å². The maximum absolute atomic E-state index is 3.51. The Balaban J connectivity index is 2.94. The van der Waals surface area contributed by atoms with Gasteiger partial charge >= 0.3 is 0 Å². The lowest BCUT2D eigenvalue weighted by Gasteiger charge is -2.08. The van der Waals surface area contributed by atoms with Crippen LogP contribution < -0.4 is 10.6 Å². The highest BCUT2D eigenvalue weighted by Gasteiger charge is 1.95. The molecule has 0 atom stereocenters. The van der Waals surface area contributed by atoms with Crippen molar-refractivity contribution in [3.63, 3.8) is 0 Å². The van der Waals surface area contributed by atoms with Gasteiger partial charge in [0.25, 0.3) is 0 Å². The normalized spacial score (nSPS) is 11.6. The van der Waals surface area contributed by atoms with Crippen LogP contribution in [-0.4, -0.2) is 26.2 Å². The predicted molar refractivity (Wildman–Crippen MR) is 78.5 cm³/mol. The van der Waals surface area contributed by atoms with Crippen molar-refractivity contribution in [2.24, 2.45) is 11.8 Å². The Bertz CT molecular complexity index is 128. The van der Waals surface area contributed by atoms with Crippen LogP contribution in [0.3, 0.4) is 0 Å². The molecule has 0 saturated heterocycles. The molecule has 0 unspecified atom stereocenters. The Labute approximate surface area is 109 Å². The minimum atomic E-state index is 0.827. The van der Waals surface area contributed by atoms with Gasteiger partial charge in [-0.2, -0.15) is 0 Å². The molecule has 104 valence electrons. The van der Waals surface area contributed by atoms with E-state index in [4.69, 9.17) is 0 Å². The molecule has 0 bridgehead atoms. The van der Waals surface area contributed by atoms with Gasteiger partial charge in [-0.3, -0.25) is 0 Å². The minimum absolute atomic E-state index is 0.827. The molecule has 0 saturated carbocycles. The average Bonchev–Trinajstić information content (AvgIpc) is 2.25. The second-order valence-electron chi connectivity index (χ2n) is 5.93. The van der Waals surface area contributed by atoms with Gasteiger partial charge in [0.15, 0.2) is 0 Å². The van der Waals surface area contributed by atoms with Gasteiger partial charge in [-0.15, -0.1) is 0 Å². The largest absolute Gasteiger partial charge is 0.317 e. The van der Waals surface area contributed by atoms with Crippen LogP contribution in [-0.2, 0) is 0 Å². The maximum atomic E-state index is 3.51. The van der Waals surface area contributed by atoms with Crippen LogP contribution in [0, 0.1) is 11.8 Å². The molecule has 0 fully saturated rings. The molecule has 0 radical (unpaired) electrons. The zero-order valence-electron chi connectivity index (χ0n) is 12.5. The predicted octanol–water partition coefficient (Wildman–Crippen LogP) is 3.43. The van der Waals surface area contributed by atoms with Crippen molar-refractivity contribution in [1.29, 1.82) is 0 Å². The van der Waals surface area contributed by atoms with E-state index in [0.29, 0.717) is 0 Å². The zero-order valence-corrected chi connectivity index (χ0v) is 12.5. The smallest absolute Gasteiger partial charge is 0.00465 e. The van der Waals surface area contributed by atoms with E-state index >= 15 is 0 Å². The third kappa shape index (κ3) is 15.9. The average molecular weight is 242 g/mol. The van der Waals surface area contributed by atoms with Crippen LogP contribution >= 0.6 is 0 Å². The topological polar surface area (TPSA) is 24.1 Å². The summed E-state index contributed by atoms with van der Waals surface area (Å²) in [5, 5.41) is 7.03. The Hall–Kier alpha value is -0.0800. The molecule has 0 aromatic rings. The molecular formula is C15H34N2. The zero-order chi connectivity index (χ0) is 12.9. The standard InChI is InChI=1S/C15H34N2/c1-14(2)8-12-16-10-6-5-7-11-17-13-9-15(3)4/h14-17H,5-13H2,1-4H3. The highest BCUT2D eigenvalue weighted by Crippen LogP contribution is 1.98. The summed E-state index contributed by atoms with van der Waals surface area (Å²) < 4.78 is 0. The molecule has 0 spiro atoms. The molecule has 0 aliphatic carbocycles. The van der Waals surface area contributed by atoms with Gasteiger partial charge in [-0.1, -0.05) is 34.1 Å². The molecule has 0 amide bonds. The van der Waals surface area contributed by atoms with E-state index < -0.39 is 0 Å². The molecule has 0 aromatic carbocycles. The van der Waals surface area contributed by atoms with Crippen LogP contribution in [0.4, 0.5) is 0 Å². The fourth-order valence-corrected chi connectivity index (χ4v) is 1.71. The van der Waals surface area contributed by atoms with Crippen molar-refractivity contribution >= 4 is 0 Å². The fraction of sp³-hybridized carbons (Fsp3) is 1.00. The first kappa shape index (κ1) is 16.9. The van der Waals surface area contributed by atoms with Crippen molar-refractivity contribution in [3.8, 4) is 0 Å². The summed E-state index contributed by atoms with van der Waals surface area (Å²) in [6, 6.07) is 0. The quantitative estimate of drug-likeness (QED) is 0.512. The van der Waals surface area contributed by atoms with Crippen LogP contribution in [0.15, 0.2) is 0 Å². The van der Waals surface area contributed by atoms with Crippen molar-refractivity contribution in [2.45, 2.75) is 59.8 Å². The summed E-state index contributed by atoms with van der Waals surface area (Å²) in [6.45, 7) is 13.9. The van der Waals surface area contributed by atoms with E-state index in [1.54, 1.807) is 0 Å². The second-order valence-corrected chi connectivity index (χ2v) is 5.93. The minimum Gasteiger partial charge on any atom is -0.317 e. The first-order valence-corrected chi connectivity index (χ1v) is 7.54. The van der Waals surface area contributed by atoms with Gasteiger partial charge in [0, 0.05) is 0 Å². The third-order valence-corrected chi connectivity index (χ3v) is 3.00. The van der Waals surface area contributed by atoms with Crippen LogP contribution in [0.1, 0.15) is 59.8 Å². The Morgan fingerprint density at radius 3 is 1.35 bits per heavy atom. The van der Waals surface area contributed by atoms with Crippen LogP contribution in [0.25, 0.3) is 0 Å². The number of hydrogen-bond donors (Lipinski definition) is 2. The highest BCUT2D eigenvalue weighted by molar-refractivity contribution is 4.54. The van der Waals surface area contributed by atoms with E-state index in [1.165, 1.54) is 58.3 Å². The monoisotopic (exact) mass is 242 g/mol. The molecule has 0 rings (SSSR count). The number of rotatable bonds is 12. The molecule has 2 nitrogen and oxygen atoms in total. The third-order valence-electron chi connectivity index (χ3n) is 3.00. The van der Waals surface area contributed by atoms with E-state index in [1.807, 2.05) is 0 Å². The Kier molecular flexibility index (Phi) is 12.3. The number of nitrogens with one attached hydrogen (secondary N) is 2. The van der Waals surface area contributed by atoms with E-state index in [-0.39, 0.29) is 0 Å². The molecule has 17 heavy (non-hydrogen) atoms. The molecule has 0 aliphatic rings. The number of unbranched alkanes of at least 4 members (excludes halogenated alkanes) is 2. The molecule has 0 heterocycles. The van der Waals surface area contributed by atoms with Crippen LogP contribution in [0.2, 0.25) is 0 Å². The second kappa shape index (κ2) is 12.4. The van der Waals surface area contributed by atoms with E-state index in [0.717, 1.165) is 11.8 Å². The molecule has 2 heteroatoms. The first-order chi connectivity index (χ1) is 8.13. The summed E-state index contributed by atoms with van der Waals surface area (Å²) in [4.78, 5) is 0. The van der Waals surface area contributed by atoms with Gasteiger partial charge in [-0.25, -0.2) is 0 Å². The Morgan fingerprint density at radius 2 is 1.00 bits per heavy atom. The summed E-state index contributed by atoms with van der Waals surface area (Å²) in [6.07, 6.45) is 6.60. The van der Waals surface area contributed by atoms with Crippen molar-refractivity contribution in [1.82, 2.24) is 10.6 Å². The Morgan fingerprint density at radius 1 is 0.588 bits per heavy atom.